The zero-order chi connectivity index (χ0) is 19.6. The SMILES string of the molecule is O=c1ccc(-c2ccncc2)nn1CC1CCN(Cc2ncc(C3CC3)o2)CC1. The van der Waals surface area contributed by atoms with E-state index >= 15 is 0 Å². The van der Waals surface area contributed by atoms with Crippen molar-refractivity contribution in [3.8, 4) is 11.3 Å². The van der Waals surface area contributed by atoms with Crippen molar-refractivity contribution in [2.24, 2.45) is 5.92 Å². The molecule has 0 spiro atoms. The minimum Gasteiger partial charge on any atom is -0.444 e. The summed E-state index contributed by atoms with van der Waals surface area (Å²) >= 11 is 0. The molecule has 0 aromatic carbocycles. The average Bonchev–Trinajstić information content (AvgIpc) is 3.51. The van der Waals surface area contributed by atoms with Crippen molar-refractivity contribution in [3.05, 3.63) is 64.9 Å². The lowest BCUT2D eigenvalue weighted by atomic mass is 9.97. The van der Waals surface area contributed by atoms with Crippen molar-refractivity contribution in [3.63, 3.8) is 0 Å². The van der Waals surface area contributed by atoms with Crippen molar-refractivity contribution in [1.29, 1.82) is 0 Å². The van der Waals surface area contributed by atoms with Crippen LogP contribution in [0.15, 0.2) is 52.1 Å². The first-order valence-corrected chi connectivity index (χ1v) is 10.4. The fourth-order valence-electron chi connectivity index (χ4n) is 3.97. The Balaban J connectivity index is 1.18. The van der Waals surface area contributed by atoms with E-state index in [9.17, 15) is 4.79 Å². The molecule has 0 unspecified atom stereocenters. The van der Waals surface area contributed by atoms with Gasteiger partial charge in [-0.15, -0.1) is 0 Å². The molecule has 0 amide bonds. The summed E-state index contributed by atoms with van der Waals surface area (Å²) in [4.78, 5) is 23.2. The van der Waals surface area contributed by atoms with Crippen LogP contribution in [0.5, 0.6) is 0 Å². The van der Waals surface area contributed by atoms with Gasteiger partial charge in [0.15, 0.2) is 0 Å². The highest BCUT2D eigenvalue weighted by Gasteiger charge is 2.28. The van der Waals surface area contributed by atoms with Gasteiger partial charge in [-0.05, 0) is 62.9 Å². The normalized spacial score (nSPS) is 18.2. The molecule has 2 fully saturated rings. The van der Waals surface area contributed by atoms with Crippen LogP contribution < -0.4 is 5.56 Å². The minimum absolute atomic E-state index is 0.0439. The summed E-state index contributed by atoms with van der Waals surface area (Å²) in [5, 5.41) is 4.59. The third-order valence-corrected chi connectivity index (χ3v) is 5.89. The molecule has 29 heavy (non-hydrogen) atoms. The number of hydrogen-bond donors (Lipinski definition) is 0. The van der Waals surface area contributed by atoms with Gasteiger partial charge < -0.3 is 4.42 Å². The van der Waals surface area contributed by atoms with Gasteiger partial charge in [-0.1, -0.05) is 0 Å². The highest BCUT2D eigenvalue weighted by molar-refractivity contribution is 5.56. The van der Waals surface area contributed by atoms with Gasteiger partial charge in [-0.2, -0.15) is 5.10 Å². The average molecular weight is 391 g/mol. The number of pyridine rings is 1. The summed E-state index contributed by atoms with van der Waals surface area (Å²) in [6.07, 6.45) is 9.93. The van der Waals surface area contributed by atoms with Crippen LogP contribution in [0.4, 0.5) is 0 Å². The van der Waals surface area contributed by atoms with E-state index in [-0.39, 0.29) is 5.56 Å². The maximum absolute atomic E-state index is 12.3. The lowest BCUT2D eigenvalue weighted by Crippen LogP contribution is -2.36. The largest absolute Gasteiger partial charge is 0.444 e. The molecule has 4 heterocycles. The highest BCUT2D eigenvalue weighted by Crippen LogP contribution is 2.40. The summed E-state index contributed by atoms with van der Waals surface area (Å²) < 4.78 is 7.51. The maximum Gasteiger partial charge on any atom is 0.266 e. The van der Waals surface area contributed by atoms with Gasteiger partial charge in [0.25, 0.3) is 5.56 Å². The Bertz CT molecular complexity index is 1020. The second kappa shape index (κ2) is 7.91. The molecule has 2 aliphatic rings. The second-order valence-corrected chi connectivity index (χ2v) is 8.12. The number of nitrogens with zero attached hydrogens (tertiary/aromatic N) is 5. The quantitative estimate of drug-likeness (QED) is 0.643. The van der Waals surface area contributed by atoms with Gasteiger partial charge in [0.1, 0.15) is 5.76 Å². The Morgan fingerprint density at radius 3 is 2.59 bits per heavy atom. The molecular weight excluding hydrogens is 366 g/mol. The summed E-state index contributed by atoms with van der Waals surface area (Å²) in [6.45, 7) is 3.42. The van der Waals surface area contributed by atoms with Crippen LogP contribution in [0.2, 0.25) is 0 Å². The number of piperidine rings is 1. The van der Waals surface area contributed by atoms with Crippen LogP contribution in [0.3, 0.4) is 0 Å². The molecule has 0 radical (unpaired) electrons. The van der Waals surface area contributed by atoms with E-state index in [1.807, 2.05) is 18.3 Å². The molecule has 150 valence electrons. The molecule has 0 atom stereocenters. The minimum atomic E-state index is -0.0439. The number of oxazole rings is 1. The Hall–Kier alpha value is -2.80. The smallest absolute Gasteiger partial charge is 0.266 e. The molecule has 0 bridgehead atoms. The van der Waals surface area contributed by atoms with Crippen LogP contribution in [0.25, 0.3) is 11.3 Å². The summed E-state index contributed by atoms with van der Waals surface area (Å²) in [7, 11) is 0. The Morgan fingerprint density at radius 1 is 1.03 bits per heavy atom. The molecule has 7 heteroatoms. The molecule has 5 rings (SSSR count). The fraction of sp³-hybridized carbons (Fsp3) is 0.455. The predicted molar refractivity (Wildman–Crippen MR) is 108 cm³/mol. The van der Waals surface area contributed by atoms with Crippen molar-refractivity contribution in [2.45, 2.75) is 44.7 Å². The van der Waals surface area contributed by atoms with Gasteiger partial charge in [0.05, 0.1) is 18.4 Å². The van der Waals surface area contributed by atoms with E-state index in [2.05, 4.69) is 20.0 Å². The zero-order valence-electron chi connectivity index (χ0n) is 16.4. The predicted octanol–water partition coefficient (Wildman–Crippen LogP) is 3.08. The maximum atomic E-state index is 12.3. The third kappa shape index (κ3) is 4.29. The van der Waals surface area contributed by atoms with E-state index in [0.717, 1.165) is 55.4 Å². The van der Waals surface area contributed by atoms with Gasteiger partial charge in [-0.3, -0.25) is 14.7 Å². The van der Waals surface area contributed by atoms with E-state index in [4.69, 9.17) is 4.42 Å². The van der Waals surface area contributed by atoms with Crippen molar-refractivity contribution in [1.82, 2.24) is 24.6 Å². The summed E-state index contributed by atoms with van der Waals surface area (Å²) in [5.41, 5.74) is 1.73. The number of aromatic nitrogens is 4. The first-order chi connectivity index (χ1) is 14.2. The number of rotatable bonds is 6. The zero-order valence-corrected chi connectivity index (χ0v) is 16.4. The van der Waals surface area contributed by atoms with Gasteiger partial charge in [-0.25, -0.2) is 9.67 Å². The van der Waals surface area contributed by atoms with Crippen molar-refractivity contribution < 1.29 is 4.42 Å². The van der Waals surface area contributed by atoms with Crippen LogP contribution in [0, 0.1) is 5.92 Å². The fourth-order valence-corrected chi connectivity index (χ4v) is 3.97. The summed E-state index contributed by atoms with van der Waals surface area (Å²) in [6, 6.07) is 7.21. The van der Waals surface area contributed by atoms with Crippen molar-refractivity contribution in [2.75, 3.05) is 13.1 Å². The summed E-state index contributed by atoms with van der Waals surface area (Å²) in [5.74, 6) is 2.94. The number of hydrogen-bond acceptors (Lipinski definition) is 6. The highest BCUT2D eigenvalue weighted by atomic mass is 16.4. The lowest BCUT2D eigenvalue weighted by Gasteiger charge is -2.31. The Morgan fingerprint density at radius 2 is 1.83 bits per heavy atom. The second-order valence-electron chi connectivity index (χ2n) is 8.12. The molecule has 3 aromatic heterocycles. The van der Waals surface area contributed by atoms with E-state index in [1.165, 1.54) is 12.8 Å². The monoisotopic (exact) mass is 391 g/mol. The Kier molecular flexibility index (Phi) is 4.97. The topological polar surface area (TPSA) is 77.1 Å². The van der Waals surface area contributed by atoms with Gasteiger partial charge >= 0.3 is 0 Å². The molecule has 3 aromatic rings. The molecule has 1 aliphatic carbocycles. The van der Waals surface area contributed by atoms with Gasteiger partial charge in [0, 0.05) is 36.5 Å². The van der Waals surface area contributed by atoms with Crippen LogP contribution >= 0.6 is 0 Å². The molecule has 7 nitrogen and oxygen atoms in total. The van der Waals surface area contributed by atoms with Crippen LogP contribution in [-0.4, -0.2) is 37.7 Å². The van der Waals surface area contributed by atoms with E-state index in [1.54, 1.807) is 29.2 Å². The standard InChI is InChI=1S/C22H25N5O2/c28-22-4-3-19(17-5-9-23-10-6-17)25-27(22)14-16-7-11-26(12-8-16)15-21-24-13-20(29-21)18-1-2-18/h3-6,9-10,13,16,18H,1-2,7-8,11-12,14-15H2. The van der Waals surface area contributed by atoms with E-state index < -0.39 is 0 Å². The molecule has 1 saturated heterocycles. The van der Waals surface area contributed by atoms with Crippen LogP contribution in [-0.2, 0) is 13.1 Å². The Labute approximate surface area is 169 Å². The number of likely N-dealkylation sites (tertiary alicyclic amines) is 1. The molecule has 1 aliphatic heterocycles. The molecular formula is C22H25N5O2. The first-order valence-electron chi connectivity index (χ1n) is 10.4. The van der Waals surface area contributed by atoms with Crippen molar-refractivity contribution >= 4 is 0 Å². The molecule has 0 N–H and O–H groups in total. The molecule has 1 saturated carbocycles. The lowest BCUT2D eigenvalue weighted by molar-refractivity contribution is 0.151. The van der Waals surface area contributed by atoms with Crippen LogP contribution in [0.1, 0.15) is 43.3 Å². The van der Waals surface area contributed by atoms with E-state index in [0.29, 0.717) is 18.4 Å². The third-order valence-electron chi connectivity index (χ3n) is 5.89. The first kappa shape index (κ1) is 18.2. The van der Waals surface area contributed by atoms with Gasteiger partial charge in [0.2, 0.25) is 5.89 Å².